The summed E-state index contributed by atoms with van der Waals surface area (Å²) in [7, 11) is 0. The van der Waals surface area contributed by atoms with Crippen molar-refractivity contribution in [3.63, 3.8) is 0 Å². The topological polar surface area (TPSA) is 118 Å². The Bertz CT molecular complexity index is 491. The molecule has 0 aromatic heterocycles. The van der Waals surface area contributed by atoms with Crippen LogP contribution in [-0.2, 0) is 0 Å². The van der Waals surface area contributed by atoms with Gasteiger partial charge in [-0.2, -0.15) is 0 Å². The number of nitro groups is 1. The van der Waals surface area contributed by atoms with E-state index in [2.05, 4.69) is 5.32 Å². The maximum absolute atomic E-state index is 11.8. The lowest BCUT2D eigenvalue weighted by atomic mass is 10.0. The van der Waals surface area contributed by atoms with Gasteiger partial charge in [0.15, 0.2) is 5.75 Å². The second kappa shape index (κ2) is 6.35. The fourth-order valence-corrected chi connectivity index (χ4v) is 1.25. The molecule has 106 valence electrons. The number of phenolic OH excluding ortho intramolecular Hbond substituents is 1. The molecular weight excluding hydrogens is 274 g/mol. The van der Waals surface area contributed by atoms with Gasteiger partial charge in [0.1, 0.15) is 0 Å². The molecule has 0 unspecified atom stereocenters. The molecule has 0 bridgehead atoms. The maximum Gasteiger partial charge on any atom is 0.310 e. The second-order valence-corrected chi connectivity index (χ2v) is 4.50. The van der Waals surface area contributed by atoms with E-state index in [1.54, 1.807) is 13.8 Å². The Hall–Kier alpha value is -1.86. The van der Waals surface area contributed by atoms with Gasteiger partial charge in [-0.05, 0) is 26.0 Å². The van der Waals surface area contributed by atoms with Crippen molar-refractivity contribution in [1.82, 2.24) is 5.32 Å². The maximum atomic E-state index is 11.8. The minimum Gasteiger partial charge on any atom is -0.502 e. The lowest BCUT2D eigenvalue weighted by Gasteiger charge is -2.24. The first kappa shape index (κ1) is 17.1. The number of phenols is 1. The van der Waals surface area contributed by atoms with Gasteiger partial charge in [0.25, 0.3) is 5.91 Å². The zero-order valence-electron chi connectivity index (χ0n) is 10.5. The third-order valence-corrected chi connectivity index (χ3v) is 2.40. The number of halogens is 1. The summed E-state index contributed by atoms with van der Waals surface area (Å²) < 4.78 is 0. The molecule has 0 aliphatic heterocycles. The average molecular weight is 290 g/mol. The number of nitro benzene ring substituents is 1. The van der Waals surface area contributed by atoms with Crippen molar-refractivity contribution in [2.45, 2.75) is 19.4 Å². The van der Waals surface area contributed by atoms with Crippen LogP contribution in [0.15, 0.2) is 18.2 Å². The quantitative estimate of drug-likeness (QED) is 0.568. The van der Waals surface area contributed by atoms with Crippen LogP contribution in [0.1, 0.15) is 24.2 Å². The number of carbonyl (C=O) groups is 1. The molecule has 0 aliphatic carbocycles. The molecule has 0 fully saturated rings. The van der Waals surface area contributed by atoms with Crippen molar-refractivity contribution in [1.29, 1.82) is 0 Å². The van der Waals surface area contributed by atoms with Gasteiger partial charge in [-0.1, -0.05) is 0 Å². The number of hydrogen-bond acceptors (Lipinski definition) is 5. The zero-order chi connectivity index (χ0) is 13.9. The van der Waals surface area contributed by atoms with Gasteiger partial charge < -0.3 is 16.2 Å². The molecule has 1 amide bonds. The number of amides is 1. The molecular formula is C11H16ClN3O4. The molecule has 0 saturated heterocycles. The van der Waals surface area contributed by atoms with Gasteiger partial charge in [0.05, 0.1) is 4.92 Å². The highest BCUT2D eigenvalue weighted by Crippen LogP contribution is 2.26. The summed E-state index contributed by atoms with van der Waals surface area (Å²) in [5, 5.41) is 22.6. The number of aromatic hydroxyl groups is 1. The van der Waals surface area contributed by atoms with E-state index < -0.39 is 27.8 Å². The van der Waals surface area contributed by atoms with Crippen molar-refractivity contribution < 1.29 is 14.8 Å². The van der Waals surface area contributed by atoms with Crippen molar-refractivity contribution in [3.05, 3.63) is 33.9 Å². The number of nitrogens with zero attached hydrogens (tertiary/aromatic N) is 1. The van der Waals surface area contributed by atoms with Crippen LogP contribution in [0.5, 0.6) is 5.75 Å². The number of carbonyl (C=O) groups excluding carboxylic acids is 1. The molecule has 0 radical (unpaired) electrons. The zero-order valence-corrected chi connectivity index (χ0v) is 11.4. The van der Waals surface area contributed by atoms with Gasteiger partial charge in [-0.25, -0.2) is 0 Å². The van der Waals surface area contributed by atoms with Gasteiger partial charge >= 0.3 is 5.69 Å². The fourth-order valence-electron chi connectivity index (χ4n) is 1.25. The van der Waals surface area contributed by atoms with E-state index >= 15 is 0 Å². The minimum absolute atomic E-state index is 0. The van der Waals surface area contributed by atoms with E-state index in [0.717, 1.165) is 12.1 Å². The third-order valence-electron chi connectivity index (χ3n) is 2.40. The van der Waals surface area contributed by atoms with Crippen LogP contribution in [0.2, 0.25) is 0 Å². The molecule has 1 aromatic carbocycles. The SMILES string of the molecule is CC(C)(CN)NC(=O)c1ccc([N+](=O)[O-])c(O)c1.Cl. The average Bonchev–Trinajstić information content (AvgIpc) is 2.27. The highest BCUT2D eigenvalue weighted by Gasteiger charge is 2.21. The highest BCUT2D eigenvalue weighted by molar-refractivity contribution is 5.95. The van der Waals surface area contributed by atoms with Crippen LogP contribution >= 0.6 is 12.4 Å². The molecule has 0 heterocycles. The summed E-state index contributed by atoms with van der Waals surface area (Å²) in [6, 6.07) is 3.42. The standard InChI is InChI=1S/C11H15N3O4.ClH/c1-11(2,6-12)13-10(16)7-3-4-8(14(17)18)9(15)5-7;/h3-5,15H,6,12H2,1-2H3,(H,13,16);1H. The molecule has 7 nitrogen and oxygen atoms in total. The Labute approximate surface area is 116 Å². The van der Waals surface area contributed by atoms with Crippen molar-refractivity contribution in [3.8, 4) is 5.75 Å². The fraction of sp³-hybridized carbons (Fsp3) is 0.364. The predicted octanol–water partition coefficient (Wildman–Crippen LogP) is 1.19. The Morgan fingerprint density at radius 1 is 1.53 bits per heavy atom. The Morgan fingerprint density at radius 3 is 2.53 bits per heavy atom. The first-order valence-electron chi connectivity index (χ1n) is 5.27. The van der Waals surface area contributed by atoms with Crippen molar-refractivity contribution in [2.24, 2.45) is 5.73 Å². The molecule has 1 rings (SSSR count). The van der Waals surface area contributed by atoms with Crippen LogP contribution < -0.4 is 11.1 Å². The molecule has 0 aliphatic rings. The summed E-state index contributed by atoms with van der Waals surface area (Å²) >= 11 is 0. The summed E-state index contributed by atoms with van der Waals surface area (Å²) in [6.07, 6.45) is 0. The van der Waals surface area contributed by atoms with E-state index in [-0.39, 0.29) is 24.5 Å². The smallest absolute Gasteiger partial charge is 0.310 e. The first-order valence-corrected chi connectivity index (χ1v) is 5.27. The number of rotatable bonds is 4. The van der Waals surface area contributed by atoms with Gasteiger partial charge in [0, 0.05) is 23.7 Å². The van der Waals surface area contributed by atoms with Crippen LogP contribution in [0, 0.1) is 10.1 Å². The number of nitrogens with one attached hydrogen (secondary N) is 1. The molecule has 8 heteroatoms. The van der Waals surface area contributed by atoms with E-state index in [9.17, 15) is 20.0 Å². The normalized spacial score (nSPS) is 10.5. The number of benzene rings is 1. The van der Waals surface area contributed by atoms with E-state index in [1.165, 1.54) is 6.07 Å². The van der Waals surface area contributed by atoms with Gasteiger partial charge in [-0.3, -0.25) is 14.9 Å². The van der Waals surface area contributed by atoms with Crippen LogP contribution in [-0.4, -0.2) is 28.0 Å². The van der Waals surface area contributed by atoms with Crippen LogP contribution in [0.25, 0.3) is 0 Å². The van der Waals surface area contributed by atoms with E-state index in [1.807, 2.05) is 0 Å². The Morgan fingerprint density at radius 2 is 2.11 bits per heavy atom. The molecule has 1 aromatic rings. The molecule has 4 N–H and O–H groups in total. The molecule has 0 saturated carbocycles. The lowest BCUT2D eigenvalue weighted by Crippen LogP contribution is -2.48. The highest BCUT2D eigenvalue weighted by atomic mass is 35.5. The summed E-state index contributed by atoms with van der Waals surface area (Å²) in [5.41, 5.74) is 4.58. The van der Waals surface area contributed by atoms with Gasteiger partial charge in [-0.15, -0.1) is 12.4 Å². The largest absolute Gasteiger partial charge is 0.502 e. The summed E-state index contributed by atoms with van der Waals surface area (Å²) in [5.74, 6) is -0.992. The van der Waals surface area contributed by atoms with Crippen molar-refractivity contribution in [2.75, 3.05) is 6.54 Å². The lowest BCUT2D eigenvalue weighted by molar-refractivity contribution is -0.385. The molecule has 19 heavy (non-hydrogen) atoms. The van der Waals surface area contributed by atoms with Crippen LogP contribution in [0.3, 0.4) is 0 Å². The van der Waals surface area contributed by atoms with E-state index in [0.29, 0.717) is 0 Å². The van der Waals surface area contributed by atoms with Crippen LogP contribution in [0.4, 0.5) is 5.69 Å². The van der Waals surface area contributed by atoms with Crippen molar-refractivity contribution >= 4 is 24.0 Å². The van der Waals surface area contributed by atoms with E-state index in [4.69, 9.17) is 5.73 Å². The summed E-state index contributed by atoms with van der Waals surface area (Å²) in [6.45, 7) is 3.74. The second-order valence-electron chi connectivity index (χ2n) is 4.50. The molecule has 0 atom stereocenters. The Kier molecular flexibility index (Phi) is 5.73. The van der Waals surface area contributed by atoms with Gasteiger partial charge in [0.2, 0.25) is 0 Å². The summed E-state index contributed by atoms with van der Waals surface area (Å²) in [4.78, 5) is 21.6. The predicted molar refractivity (Wildman–Crippen MR) is 72.6 cm³/mol. The Balaban J connectivity index is 0.00000324. The third kappa shape index (κ3) is 4.38. The number of nitrogens with two attached hydrogens (primary N) is 1. The monoisotopic (exact) mass is 289 g/mol. The number of hydrogen-bond donors (Lipinski definition) is 3. The molecule has 0 spiro atoms. The first-order chi connectivity index (χ1) is 8.26. The minimum atomic E-state index is -0.721.